The van der Waals surface area contributed by atoms with Gasteiger partial charge in [0.1, 0.15) is 0 Å². The zero-order chi connectivity index (χ0) is 21.5. The molecule has 0 fully saturated rings. The summed E-state index contributed by atoms with van der Waals surface area (Å²) in [5, 5.41) is 6.07. The monoisotopic (exact) mass is 401 g/mol. The number of para-hydroxylation sites is 2. The minimum Gasteiger partial charge on any atom is -0.376 e. The molecule has 2 amide bonds. The van der Waals surface area contributed by atoms with Gasteiger partial charge in [-0.2, -0.15) is 0 Å². The maximum Gasteiger partial charge on any atom is 0.258 e. The van der Waals surface area contributed by atoms with Crippen molar-refractivity contribution in [1.29, 1.82) is 0 Å². The molecule has 30 heavy (non-hydrogen) atoms. The van der Waals surface area contributed by atoms with Crippen LogP contribution in [-0.2, 0) is 4.79 Å². The van der Waals surface area contributed by atoms with E-state index in [4.69, 9.17) is 0 Å². The Morgan fingerprint density at radius 3 is 2.20 bits per heavy atom. The van der Waals surface area contributed by atoms with Crippen molar-refractivity contribution in [2.45, 2.75) is 20.8 Å². The Labute approximate surface area is 177 Å². The molecule has 3 aromatic carbocycles. The first-order valence-electron chi connectivity index (χ1n) is 10.1. The Bertz CT molecular complexity index is 1010. The molecule has 3 aromatic rings. The molecule has 0 aromatic heterocycles. The van der Waals surface area contributed by atoms with E-state index in [0.717, 1.165) is 22.5 Å². The molecule has 0 heterocycles. The van der Waals surface area contributed by atoms with Crippen LogP contribution in [0.15, 0.2) is 72.8 Å². The van der Waals surface area contributed by atoms with Crippen molar-refractivity contribution >= 4 is 28.9 Å². The molecule has 0 bridgehead atoms. The van der Waals surface area contributed by atoms with Crippen LogP contribution in [0.4, 0.5) is 17.1 Å². The van der Waals surface area contributed by atoms with Crippen LogP contribution in [0, 0.1) is 13.8 Å². The third-order valence-corrected chi connectivity index (χ3v) is 4.93. The molecule has 0 saturated heterocycles. The van der Waals surface area contributed by atoms with Crippen molar-refractivity contribution in [3.05, 3.63) is 89.5 Å². The molecule has 2 N–H and O–H groups in total. The van der Waals surface area contributed by atoms with Gasteiger partial charge in [-0.1, -0.05) is 42.5 Å². The van der Waals surface area contributed by atoms with Crippen molar-refractivity contribution in [3.8, 4) is 0 Å². The first-order valence-corrected chi connectivity index (χ1v) is 10.1. The molecule has 0 atom stereocenters. The van der Waals surface area contributed by atoms with Gasteiger partial charge in [-0.3, -0.25) is 9.59 Å². The van der Waals surface area contributed by atoms with Crippen molar-refractivity contribution in [2.24, 2.45) is 0 Å². The highest BCUT2D eigenvalue weighted by Crippen LogP contribution is 2.20. The summed E-state index contributed by atoms with van der Waals surface area (Å²) in [7, 11) is 0. The van der Waals surface area contributed by atoms with Gasteiger partial charge in [0.05, 0.1) is 6.54 Å². The zero-order valence-corrected chi connectivity index (χ0v) is 17.6. The molecule has 3 rings (SSSR count). The van der Waals surface area contributed by atoms with E-state index in [-0.39, 0.29) is 18.4 Å². The highest BCUT2D eigenvalue weighted by Gasteiger charge is 2.16. The van der Waals surface area contributed by atoms with Gasteiger partial charge in [0.2, 0.25) is 5.91 Å². The maximum absolute atomic E-state index is 13.0. The van der Waals surface area contributed by atoms with Gasteiger partial charge in [-0.25, -0.2) is 0 Å². The first kappa shape index (κ1) is 21.1. The molecular formula is C25H27N3O2. The predicted molar refractivity (Wildman–Crippen MR) is 123 cm³/mol. The fraction of sp³-hybridized carbons (Fsp3) is 0.200. The van der Waals surface area contributed by atoms with E-state index < -0.39 is 0 Å². The minimum atomic E-state index is -0.169. The Hall–Kier alpha value is -3.60. The van der Waals surface area contributed by atoms with Crippen LogP contribution in [0.3, 0.4) is 0 Å². The number of hydrogen-bond acceptors (Lipinski definition) is 3. The van der Waals surface area contributed by atoms with Gasteiger partial charge in [-0.15, -0.1) is 0 Å². The molecule has 154 valence electrons. The lowest BCUT2D eigenvalue weighted by Gasteiger charge is -2.21. The van der Waals surface area contributed by atoms with E-state index in [0.29, 0.717) is 17.8 Å². The number of rotatable bonds is 7. The van der Waals surface area contributed by atoms with Crippen LogP contribution in [0.1, 0.15) is 28.4 Å². The smallest absolute Gasteiger partial charge is 0.258 e. The average molecular weight is 402 g/mol. The minimum absolute atomic E-state index is 0.103. The molecule has 5 nitrogen and oxygen atoms in total. The van der Waals surface area contributed by atoms with Crippen LogP contribution in [0.25, 0.3) is 0 Å². The quantitative estimate of drug-likeness (QED) is 0.584. The number of amides is 2. The summed E-state index contributed by atoms with van der Waals surface area (Å²) in [4.78, 5) is 27.1. The molecule has 0 aliphatic rings. The standard InChI is InChI=1S/C25H27N3O2/c1-4-28(22-14-6-5-7-15-22)25(30)20-12-9-13-21(16-20)27-23(29)17-26-24-18(2)10-8-11-19(24)3/h5-16,26H,4,17H2,1-3H3,(H,27,29). The average Bonchev–Trinajstić information content (AvgIpc) is 2.75. The van der Waals surface area contributed by atoms with Crippen LogP contribution in [0.5, 0.6) is 0 Å². The van der Waals surface area contributed by atoms with Gasteiger partial charge in [0, 0.05) is 29.2 Å². The number of carbonyl (C=O) groups is 2. The molecule has 0 aliphatic carbocycles. The summed E-state index contributed by atoms with van der Waals surface area (Å²) >= 11 is 0. The van der Waals surface area contributed by atoms with Crippen LogP contribution in [0.2, 0.25) is 0 Å². The fourth-order valence-electron chi connectivity index (χ4n) is 3.40. The Kier molecular flexibility index (Phi) is 6.86. The van der Waals surface area contributed by atoms with Gasteiger partial charge in [0.25, 0.3) is 5.91 Å². The number of hydrogen-bond donors (Lipinski definition) is 2. The Balaban J connectivity index is 1.67. The fourth-order valence-corrected chi connectivity index (χ4v) is 3.40. The molecule has 0 aliphatic heterocycles. The summed E-state index contributed by atoms with van der Waals surface area (Å²) in [5.41, 5.74) is 5.13. The SMILES string of the molecule is CCN(C(=O)c1cccc(NC(=O)CNc2c(C)cccc2C)c1)c1ccccc1. The van der Waals surface area contributed by atoms with Crippen molar-refractivity contribution < 1.29 is 9.59 Å². The number of aryl methyl sites for hydroxylation is 2. The highest BCUT2D eigenvalue weighted by molar-refractivity contribution is 6.07. The van der Waals surface area contributed by atoms with Crippen LogP contribution < -0.4 is 15.5 Å². The molecule has 0 radical (unpaired) electrons. The largest absolute Gasteiger partial charge is 0.376 e. The summed E-state index contributed by atoms with van der Waals surface area (Å²) in [5.74, 6) is -0.272. The van der Waals surface area contributed by atoms with E-state index in [1.54, 1.807) is 29.2 Å². The summed E-state index contributed by atoms with van der Waals surface area (Å²) in [6.07, 6.45) is 0. The maximum atomic E-state index is 13.0. The molecule has 0 spiro atoms. The Morgan fingerprint density at radius 1 is 0.867 bits per heavy atom. The van der Waals surface area contributed by atoms with E-state index >= 15 is 0 Å². The second-order valence-electron chi connectivity index (χ2n) is 7.13. The first-order chi connectivity index (χ1) is 14.5. The molecule has 0 unspecified atom stereocenters. The normalized spacial score (nSPS) is 10.4. The zero-order valence-electron chi connectivity index (χ0n) is 17.6. The third kappa shape index (κ3) is 5.06. The molecule has 5 heteroatoms. The van der Waals surface area contributed by atoms with Crippen molar-refractivity contribution in [2.75, 3.05) is 28.6 Å². The number of nitrogens with one attached hydrogen (secondary N) is 2. The molecular weight excluding hydrogens is 374 g/mol. The second-order valence-corrected chi connectivity index (χ2v) is 7.13. The summed E-state index contributed by atoms with van der Waals surface area (Å²) in [6.45, 7) is 6.66. The van der Waals surface area contributed by atoms with Gasteiger partial charge >= 0.3 is 0 Å². The number of benzene rings is 3. The van der Waals surface area contributed by atoms with Crippen molar-refractivity contribution in [3.63, 3.8) is 0 Å². The molecule has 0 saturated carbocycles. The lowest BCUT2D eigenvalue weighted by atomic mass is 10.1. The second kappa shape index (κ2) is 9.74. The lowest BCUT2D eigenvalue weighted by molar-refractivity contribution is -0.114. The van der Waals surface area contributed by atoms with E-state index in [1.165, 1.54) is 0 Å². The van der Waals surface area contributed by atoms with Gasteiger partial charge in [-0.05, 0) is 62.2 Å². The topological polar surface area (TPSA) is 61.4 Å². The predicted octanol–water partition coefficient (Wildman–Crippen LogP) is 5.02. The number of nitrogens with zero attached hydrogens (tertiary/aromatic N) is 1. The Morgan fingerprint density at radius 2 is 1.53 bits per heavy atom. The third-order valence-electron chi connectivity index (χ3n) is 4.93. The lowest BCUT2D eigenvalue weighted by Crippen LogP contribution is -2.30. The highest BCUT2D eigenvalue weighted by atomic mass is 16.2. The van der Waals surface area contributed by atoms with E-state index in [1.807, 2.05) is 69.3 Å². The number of carbonyl (C=O) groups excluding carboxylic acids is 2. The number of anilines is 3. The van der Waals surface area contributed by atoms with E-state index in [9.17, 15) is 9.59 Å². The van der Waals surface area contributed by atoms with Gasteiger partial charge in [0.15, 0.2) is 0 Å². The van der Waals surface area contributed by atoms with Crippen molar-refractivity contribution in [1.82, 2.24) is 0 Å². The summed E-state index contributed by atoms with van der Waals surface area (Å²) in [6, 6.07) is 22.6. The van der Waals surface area contributed by atoms with E-state index in [2.05, 4.69) is 10.6 Å². The van der Waals surface area contributed by atoms with Gasteiger partial charge < -0.3 is 15.5 Å². The van der Waals surface area contributed by atoms with Crippen LogP contribution in [-0.4, -0.2) is 24.9 Å². The summed E-state index contributed by atoms with van der Waals surface area (Å²) < 4.78 is 0. The van der Waals surface area contributed by atoms with Crippen LogP contribution >= 0.6 is 0 Å².